The molecule has 4 nitrogen and oxygen atoms in total. The van der Waals surface area contributed by atoms with E-state index in [2.05, 4.69) is 5.10 Å². The summed E-state index contributed by atoms with van der Waals surface area (Å²) < 4.78 is 6.59. The second kappa shape index (κ2) is 5.01. The molecule has 0 unspecified atom stereocenters. The number of para-hydroxylation sites is 1. The fraction of sp³-hybridized carbons (Fsp3) is 0.167. The molecule has 0 saturated heterocycles. The minimum atomic E-state index is -0.263. The van der Waals surface area contributed by atoms with E-state index in [9.17, 15) is 4.79 Å². The molecule has 5 heteroatoms. The fourth-order valence-corrected chi connectivity index (χ4v) is 1.60. The third kappa shape index (κ3) is 2.47. The summed E-state index contributed by atoms with van der Waals surface area (Å²) in [4.78, 5) is 12.1. The van der Waals surface area contributed by atoms with Gasteiger partial charge >= 0.3 is 0 Å². The number of carbonyl (C=O) groups is 1. The minimum Gasteiger partial charge on any atom is -0.493 e. The van der Waals surface area contributed by atoms with Crippen molar-refractivity contribution in [1.29, 1.82) is 0 Å². The molecule has 0 amide bonds. The Balaban J connectivity index is 2.36. The predicted molar refractivity (Wildman–Crippen MR) is 64.6 cm³/mol. The summed E-state index contributed by atoms with van der Waals surface area (Å²) in [6.07, 6.45) is 2.88. The normalized spacial score (nSPS) is 10.2. The van der Waals surface area contributed by atoms with Gasteiger partial charge in [0.1, 0.15) is 5.75 Å². The highest BCUT2D eigenvalue weighted by Crippen LogP contribution is 2.19. The summed E-state index contributed by atoms with van der Waals surface area (Å²) in [5.74, 6) is 0.285. The molecule has 2 aromatic rings. The van der Waals surface area contributed by atoms with E-state index in [1.807, 2.05) is 13.0 Å². The molecule has 0 saturated carbocycles. The summed E-state index contributed by atoms with van der Waals surface area (Å²) >= 11 is 5.73. The number of halogens is 1. The Morgan fingerprint density at radius 1 is 1.47 bits per heavy atom. The van der Waals surface area contributed by atoms with Crippen LogP contribution in [0.15, 0.2) is 36.7 Å². The van der Waals surface area contributed by atoms with Gasteiger partial charge in [0.2, 0.25) is 0 Å². The topological polar surface area (TPSA) is 44.1 Å². The number of nitrogens with zero attached hydrogens (tertiary/aromatic N) is 2. The molecule has 0 fully saturated rings. The number of ether oxygens (including phenoxy) is 1. The number of hydrogen-bond donors (Lipinski definition) is 0. The quantitative estimate of drug-likeness (QED) is 0.841. The lowest BCUT2D eigenvalue weighted by molar-refractivity contribution is 0.0941. The molecule has 1 aromatic heterocycles. The van der Waals surface area contributed by atoms with Gasteiger partial charge < -0.3 is 4.74 Å². The maximum Gasteiger partial charge on any atom is 0.281 e. The van der Waals surface area contributed by atoms with Crippen molar-refractivity contribution in [3.8, 4) is 5.75 Å². The lowest BCUT2D eigenvalue weighted by atomic mass is 10.2. The highest BCUT2D eigenvalue weighted by atomic mass is 35.5. The summed E-state index contributed by atoms with van der Waals surface area (Å²) in [5.41, 5.74) is 0.467. The molecular weight excluding hydrogens is 240 g/mol. The lowest BCUT2D eigenvalue weighted by Crippen LogP contribution is -2.14. The van der Waals surface area contributed by atoms with Crippen LogP contribution in [0.3, 0.4) is 0 Å². The van der Waals surface area contributed by atoms with Crippen LogP contribution in [-0.4, -0.2) is 22.3 Å². The monoisotopic (exact) mass is 250 g/mol. The molecule has 1 aromatic carbocycles. The summed E-state index contributed by atoms with van der Waals surface area (Å²) in [6.45, 7) is 2.37. The van der Waals surface area contributed by atoms with Crippen molar-refractivity contribution in [2.24, 2.45) is 0 Å². The van der Waals surface area contributed by atoms with E-state index >= 15 is 0 Å². The Morgan fingerprint density at radius 3 is 2.88 bits per heavy atom. The number of carbonyl (C=O) groups excluding carboxylic acids is 1. The Hall–Kier alpha value is -1.81. The lowest BCUT2D eigenvalue weighted by Gasteiger charge is -2.08. The summed E-state index contributed by atoms with van der Waals surface area (Å²) in [5, 5.41) is 4.30. The molecule has 88 valence electrons. The van der Waals surface area contributed by atoms with Crippen molar-refractivity contribution in [3.05, 3.63) is 47.2 Å². The molecule has 0 radical (unpaired) electrons. The smallest absolute Gasteiger partial charge is 0.281 e. The molecule has 2 rings (SSSR count). The standard InChI is InChI=1S/C12H11ClN2O2/c1-2-17-11-6-4-3-5-10(11)12(16)15-8-9(13)7-14-15/h3-8H,2H2,1H3. The summed E-state index contributed by atoms with van der Waals surface area (Å²) in [7, 11) is 0. The number of rotatable bonds is 3. The SMILES string of the molecule is CCOc1ccccc1C(=O)n1cc(Cl)cn1. The molecule has 0 atom stereocenters. The van der Waals surface area contributed by atoms with E-state index in [4.69, 9.17) is 16.3 Å². The fourth-order valence-electron chi connectivity index (χ4n) is 1.46. The zero-order valence-electron chi connectivity index (χ0n) is 9.26. The molecule has 0 bridgehead atoms. The first-order valence-electron chi connectivity index (χ1n) is 5.19. The minimum absolute atomic E-state index is 0.263. The molecule has 0 aliphatic heterocycles. The van der Waals surface area contributed by atoms with Crippen LogP contribution >= 0.6 is 11.6 Å². The predicted octanol–water partition coefficient (Wildman–Crippen LogP) is 2.62. The van der Waals surface area contributed by atoms with Crippen LogP contribution in [0.2, 0.25) is 5.02 Å². The first kappa shape index (κ1) is 11.7. The van der Waals surface area contributed by atoms with Crippen molar-refractivity contribution in [1.82, 2.24) is 9.78 Å². The van der Waals surface area contributed by atoms with Crippen molar-refractivity contribution in [3.63, 3.8) is 0 Å². The highest BCUT2D eigenvalue weighted by molar-refractivity contribution is 6.30. The second-order valence-corrected chi connectivity index (χ2v) is 3.77. The summed E-state index contributed by atoms with van der Waals surface area (Å²) in [6, 6.07) is 7.05. The average Bonchev–Trinajstić information content (AvgIpc) is 2.76. The van der Waals surface area contributed by atoms with Gasteiger partial charge in [0.25, 0.3) is 5.91 Å². The largest absolute Gasteiger partial charge is 0.493 e. The Kier molecular flexibility index (Phi) is 3.44. The van der Waals surface area contributed by atoms with E-state index in [1.165, 1.54) is 17.1 Å². The molecule has 0 N–H and O–H groups in total. The van der Waals surface area contributed by atoms with Crippen molar-refractivity contribution >= 4 is 17.5 Å². The van der Waals surface area contributed by atoms with Gasteiger partial charge in [-0.3, -0.25) is 4.79 Å². The van der Waals surface area contributed by atoms with Gasteiger partial charge in [-0.1, -0.05) is 23.7 Å². The van der Waals surface area contributed by atoms with Gasteiger partial charge in [-0.15, -0.1) is 0 Å². The van der Waals surface area contributed by atoms with E-state index in [0.717, 1.165) is 0 Å². The van der Waals surface area contributed by atoms with E-state index in [0.29, 0.717) is 22.9 Å². The van der Waals surface area contributed by atoms with Gasteiger partial charge in [-0.25, -0.2) is 4.68 Å². The van der Waals surface area contributed by atoms with Gasteiger partial charge in [0.15, 0.2) is 0 Å². The highest BCUT2D eigenvalue weighted by Gasteiger charge is 2.14. The third-order valence-corrected chi connectivity index (χ3v) is 2.37. The number of hydrogen-bond acceptors (Lipinski definition) is 3. The van der Waals surface area contributed by atoms with Crippen LogP contribution in [0.1, 0.15) is 17.3 Å². The molecular formula is C12H11ClN2O2. The molecule has 17 heavy (non-hydrogen) atoms. The van der Waals surface area contributed by atoms with Gasteiger partial charge in [0.05, 0.1) is 29.6 Å². The molecule has 0 aliphatic carbocycles. The van der Waals surface area contributed by atoms with Crippen LogP contribution in [0.4, 0.5) is 0 Å². The van der Waals surface area contributed by atoms with Crippen LogP contribution < -0.4 is 4.74 Å². The van der Waals surface area contributed by atoms with E-state index < -0.39 is 0 Å². The van der Waals surface area contributed by atoms with Gasteiger partial charge in [-0.2, -0.15) is 5.10 Å². The Labute approximate surface area is 104 Å². The molecule has 0 aliphatic rings. The maximum atomic E-state index is 12.1. The van der Waals surface area contributed by atoms with Gasteiger partial charge in [0, 0.05) is 0 Å². The van der Waals surface area contributed by atoms with Crippen molar-refractivity contribution in [2.75, 3.05) is 6.61 Å². The molecule has 0 spiro atoms. The number of benzene rings is 1. The van der Waals surface area contributed by atoms with Crippen LogP contribution in [0.5, 0.6) is 5.75 Å². The number of aromatic nitrogens is 2. The first-order valence-corrected chi connectivity index (χ1v) is 5.57. The second-order valence-electron chi connectivity index (χ2n) is 3.34. The van der Waals surface area contributed by atoms with Crippen LogP contribution in [-0.2, 0) is 0 Å². The maximum absolute atomic E-state index is 12.1. The van der Waals surface area contributed by atoms with E-state index in [-0.39, 0.29) is 5.91 Å². The first-order chi connectivity index (χ1) is 8.22. The average molecular weight is 251 g/mol. The zero-order chi connectivity index (χ0) is 12.3. The zero-order valence-corrected chi connectivity index (χ0v) is 10.0. The van der Waals surface area contributed by atoms with Crippen LogP contribution in [0, 0.1) is 0 Å². The van der Waals surface area contributed by atoms with Crippen molar-refractivity contribution < 1.29 is 9.53 Å². The van der Waals surface area contributed by atoms with Gasteiger partial charge in [-0.05, 0) is 19.1 Å². The Bertz CT molecular complexity index is 537. The third-order valence-electron chi connectivity index (χ3n) is 2.18. The Morgan fingerprint density at radius 2 is 2.24 bits per heavy atom. The van der Waals surface area contributed by atoms with E-state index in [1.54, 1.807) is 18.2 Å². The van der Waals surface area contributed by atoms with Crippen molar-refractivity contribution in [2.45, 2.75) is 6.92 Å². The molecule has 1 heterocycles. The van der Waals surface area contributed by atoms with Crippen LogP contribution in [0.25, 0.3) is 0 Å².